The Kier molecular flexibility index (Phi) is 6.83. The number of ether oxygens (including phenoxy) is 1. The Morgan fingerprint density at radius 1 is 1.05 bits per heavy atom. The van der Waals surface area contributed by atoms with Gasteiger partial charge in [-0.05, 0) is 35.9 Å². The molecule has 0 spiro atoms. The third kappa shape index (κ3) is 5.44. The Morgan fingerprint density at radius 2 is 1.82 bits per heavy atom. The molecule has 5 heteroatoms. The zero-order valence-corrected chi connectivity index (χ0v) is 13.0. The highest BCUT2D eigenvalue weighted by atomic mass is 32.1. The van der Waals surface area contributed by atoms with Gasteiger partial charge in [0.25, 0.3) is 0 Å². The summed E-state index contributed by atoms with van der Waals surface area (Å²) in [6, 6.07) is 11.6. The summed E-state index contributed by atoms with van der Waals surface area (Å²) in [5.41, 5.74) is 1.08. The average Bonchev–Trinajstić information content (AvgIpc) is 3.02. The van der Waals surface area contributed by atoms with E-state index in [9.17, 15) is 4.79 Å². The third-order valence-corrected chi connectivity index (χ3v) is 3.90. The van der Waals surface area contributed by atoms with Crippen LogP contribution in [0, 0.1) is 0 Å². The number of benzene rings is 1. The van der Waals surface area contributed by atoms with Crippen LogP contribution in [0.15, 0.2) is 36.4 Å². The molecule has 0 unspecified atom stereocenters. The van der Waals surface area contributed by atoms with Gasteiger partial charge in [0.15, 0.2) is 6.29 Å². The van der Waals surface area contributed by atoms with Crippen molar-refractivity contribution in [3.05, 3.63) is 51.7 Å². The predicted octanol–water partition coefficient (Wildman–Crippen LogP) is 2.69. The van der Waals surface area contributed by atoms with Crippen molar-refractivity contribution in [3.8, 4) is 5.75 Å². The van der Waals surface area contributed by atoms with E-state index in [1.54, 1.807) is 0 Å². The summed E-state index contributed by atoms with van der Waals surface area (Å²) in [7, 11) is 0. The van der Waals surface area contributed by atoms with E-state index in [1.165, 1.54) is 11.3 Å². The monoisotopic (exact) mass is 317 g/mol. The first-order valence-corrected chi connectivity index (χ1v) is 7.91. The largest absolute Gasteiger partial charge is 0.492 e. The molecule has 1 aromatic carbocycles. The van der Waals surface area contributed by atoms with Crippen molar-refractivity contribution in [1.29, 1.82) is 0 Å². The second-order valence-corrected chi connectivity index (χ2v) is 5.73. The van der Waals surface area contributed by atoms with E-state index >= 15 is 0 Å². The van der Waals surface area contributed by atoms with Crippen LogP contribution in [0.5, 0.6) is 5.75 Å². The van der Waals surface area contributed by atoms with Crippen LogP contribution in [0.2, 0.25) is 0 Å². The summed E-state index contributed by atoms with van der Waals surface area (Å²) in [4.78, 5) is 12.4. The number of aldehydes is 1. The third-order valence-electron chi connectivity index (χ3n) is 2.92. The maximum atomic E-state index is 10.6. The predicted molar refractivity (Wildman–Crippen MR) is 90.5 cm³/mol. The molecule has 2 N–H and O–H groups in total. The molecule has 0 atom stereocenters. The van der Waals surface area contributed by atoms with Crippen LogP contribution in [-0.2, 0) is 0 Å². The zero-order chi connectivity index (χ0) is 15.6. The van der Waals surface area contributed by atoms with Crippen LogP contribution in [0.4, 0.5) is 0 Å². The van der Waals surface area contributed by atoms with E-state index in [0.717, 1.165) is 27.4 Å². The van der Waals surface area contributed by atoms with E-state index in [1.807, 2.05) is 48.6 Å². The minimum absolute atomic E-state index is 0.139. The molecule has 0 bridgehead atoms. The van der Waals surface area contributed by atoms with Crippen LogP contribution in [0.3, 0.4) is 0 Å². The van der Waals surface area contributed by atoms with Gasteiger partial charge in [0.2, 0.25) is 0 Å². The van der Waals surface area contributed by atoms with Gasteiger partial charge < -0.3 is 15.2 Å². The maximum Gasteiger partial charge on any atom is 0.160 e. The van der Waals surface area contributed by atoms with Crippen molar-refractivity contribution in [2.45, 2.75) is 0 Å². The van der Waals surface area contributed by atoms with Crippen molar-refractivity contribution < 1.29 is 14.6 Å². The van der Waals surface area contributed by atoms with E-state index < -0.39 is 0 Å². The summed E-state index contributed by atoms with van der Waals surface area (Å²) < 4.78 is 5.58. The minimum atomic E-state index is 0.139. The average molecular weight is 317 g/mol. The van der Waals surface area contributed by atoms with E-state index in [0.29, 0.717) is 19.7 Å². The molecular formula is C17H19NO3S. The SMILES string of the molecule is O=Cc1ccc(C=Cc2ccc(OCCNCCO)cc2)s1. The Labute approximate surface area is 134 Å². The van der Waals surface area contributed by atoms with Gasteiger partial charge >= 0.3 is 0 Å². The van der Waals surface area contributed by atoms with Crippen molar-refractivity contribution in [3.63, 3.8) is 0 Å². The molecule has 22 heavy (non-hydrogen) atoms. The molecule has 0 saturated heterocycles. The zero-order valence-electron chi connectivity index (χ0n) is 12.2. The Balaban J connectivity index is 1.82. The van der Waals surface area contributed by atoms with Crippen LogP contribution in [0.25, 0.3) is 12.2 Å². The Bertz CT molecular complexity index is 605. The van der Waals surface area contributed by atoms with Crippen molar-refractivity contribution in [2.24, 2.45) is 0 Å². The molecule has 0 radical (unpaired) electrons. The number of carbonyl (C=O) groups excluding carboxylic acids is 1. The van der Waals surface area contributed by atoms with Gasteiger partial charge in [-0.2, -0.15) is 0 Å². The number of nitrogens with one attached hydrogen (secondary N) is 1. The van der Waals surface area contributed by atoms with Gasteiger partial charge in [0, 0.05) is 18.0 Å². The topological polar surface area (TPSA) is 58.6 Å². The number of thiophene rings is 1. The van der Waals surface area contributed by atoms with Crippen LogP contribution in [-0.4, -0.2) is 37.7 Å². The van der Waals surface area contributed by atoms with Gasteiger partial charge in [-0.1, -0.05) is 18.2 Å². The van der Waals surface area contributed by atoms with Crippen molar-refractivity contribution >= 4 is 29.8 Å². The number of hydrogen-bond donors (Lipinski definition) is 2. The van der Waals surface area contributed by atoms with E-state index in [-0.39, 0.29) is 6.61 Å². The highest BCUT2D eigenvalue weighted by molar-refractivity contribution is 7.14. The molecule has 0 aliphatic heterocycles. The van der Waals surface area contributed by atoms with Gasteiger partial charge in [0.05, 0.1) is 11.5 Å². The number of aliphatic hydroxyl groups is 1. The lowest BCUT2D eigenvalue weighted by molar-refractivity contribution is 0.112. The highest BCUT2D eigenvalue weighted by Crippen LogP contribution is 2.19. The summed E-state index contributed by atoms with van der Waals surface area (Å²) in [5.74, 6) is 0.822. The molecular weight excluding hydrogens is 298 g/mol. The molecule has 0 aliphatic rings. The molecule has 0 fully saturated rings. The fourth-order valence-corrected chi connectivity index (χ4v) is 2.55. The van der Waals surface area contributed by atoms with Crippen molar-refractivity contribution in [1.82, 2.24) is 5.32 Å². The fourth-order valence-electron chi connectivity index (χ4n) is 1.82. The molecule has 1 aromatic heterocycles. The lowest BCUT2D eigenvalue weighted by atomic mass is 10.2. The molecule has 0 aliphatic carbocycles. The first kappa shape index (κ1) is 16.4. The van der Waals surface area contributed by atoms with Crippen LogP contribution in [0.1, 0.15) is 20.1 Å². The van der Waals surface area contributed by atoms with Gasteiger partial charge in [-0.25, -0.2) is 0 Å². The summed E-state index contributed by atoms with van der Waals surface area (Å²) >= 11 is 1.47. The molecule has 0 amide bonds. The molecule has 4 nitrogen and oxygen atoms in total. The van der Waals surface area contributed by atoms with Crippen molar-refractivity contribution in [2.75, 3.05) is 26.3 Å². The molecule has 2 aromatic rings. The number of carbonyl (C=O) groups is 1. The molecule has 1 heterocycles. The van der Waals surface area contributed by atoms with Gasteiger partial charge in [0.1, 0.15) is 12.4 Å². The second-order valence-electron chi connectivity index (χ2n) is 4.58. The molecule has 0 saturated carbocycles. The maximum absolute atomic E-state index is 10.6. The van der Waals surface area contributed by atoms with Gasteiger partial charge in [-0.15, -0.1) is 11.3 Å². The number of rotatable bonds is 9. The van der Waals surface area contributed by atoms with Crippen LogP contribution < -0.4 is 10.1 Å². The first-order valence-electron chi connectivity index (χ1n) is 7.09. The van der Waals surface area contributed by atoms with E-state index in [2.05, 4.69) is 5.32 Å². The lowest BCUT2D eigenvalue weighted by Crippen LogP contribution is -2.23. The van der Waals surface area contributed by atoms with Gasteiger partial charge in [-0.3, -0.25) is 4.79 Å². The Morgan fingerprint density at radius 3 is 2.50 bits per heavy atom. The summed E-state index contributed by atoms with van der Waals surface area (Å²) in [5, 5.41) is 11.7. The number of aliphatic hydroxyl groups excluding tert-OH is 1. The summed E-state index contributed by atoms with van der Waals surface area (Å²) in [6.07, 6.45) is 4.86. The second kappa shape index (κ2) is 9.15. The standard InChI is InChI=1S/C17H19NO3S/c19-11-9-18-10-12-21-15-4-1-14(2-5-15)3-6-16-7-8-17(13-20)22-16/h1-8,13,18-19H,9-12H2. The lowest BCUT2D eigenvalue weighted by Gasteiger charge is -2.06. The smallest absolute Gasteiger partial charge is 0.160 e. The fraction of sp³-hybridized carbons (Fsp3) is 0.235. The normalized spacial score (nSPS) is 11.0. The number of hydrogen-bond acceptors (Lipinski definition) is 5. The Hall–Kier alpha value is -1.95. The quantitative estimate of drug-likeness (QED) is 0.551. The minimum Gasteiger partial charge on any atom is -0.492 e. The van der Waals surface area contributed by atoms with Crippen LogP contribution >= 0.6 is 11.3 Å². The highest BCUT2D eigenvalue weighted by Gasteiger charge is 1.96. The molecule has 116 valence electrons. The summed E-state index contributed by atoms with van der Waals surface area (Å²) in [6.45, 7) is 2.00. The first-order chi connectivity index (χ1) is 10.8. The van der Waals surface area contributed by atoms with E-state index in [4.69, 9.17) is 9.84 Å². The molecule has 2 rings (SSSR count).